The Morgan fingerprint density at radius 2 is 2.10 bits per heavy atom. The lowest BCUT2D eigenvalue weighted by atomic mass is 9.84. The van der Waals surface area contributed by atoms with Gasteiger partial charge in [-0.25, -0.2) is 0 Å². The molecule has 1 fully saturated rings. The molecule has 1 aliphatic rings. The first kappa shape index (κ1) is 15.1. The van der Waals surface area contributed by atoms with Crippen molar-refractivity contribution in [1.29, 1.82) is 0 Å². The fraction of sp³-hybridized carbons (Fsp3) is 0.571. The Hall–Kier alpha value is -1.33. The summed E-state index contributed by atoms with van der Waals surface area (Å²) in [4.78, 5) is 10.7. The molecule has 0 heterocycles. The van der Waals surface area contributed by atoms with Crippen molar-refractivity contribution in [2.75, 3.05) is 11.9 Å². The predicted octanol–water partition coefficient (Wildman–Crippen LogP) is 3.57. The number of nitrogens with two attached hydrogens (primary N) is 1. The second-order valence-corrected chi connectivity index (χ2v) is 5.68. The van der Waals surface area contributed by atoms with E-state index in [1.165, 1.54) is 25.3 Å². The number of nitrogens with zero attached hydrogens (tertiary/aromatic N) is 1. The number of rotatable bonds is 5. The molecule has 0 amide bonds. The Balaban J connectivity index is 2.20. The van der Waals surface area contributed by atoms with Crippen molar-refractivity contribution in [3.05, 3.63) is 33.3 Å². The average molecular weight is 298 g/mol. The van der Waals surface area contributed by atoms with E-state index in [2.05, 4.69) is 5.32 Å². The highest BCUT2D eigenvalue weighted by atomic mass is 35.5. The van der Waals surface area contributed by atoms with E-state index in [-0.39, 0.29) is 11.7 Å². The average Bonchev–Trinajstić information content (AvgIpc) is 2.46. The van der Waals surface area contributed by atoms with Crippen LogP contribution >= 0.6 is 11.6 Å². The van der Waals surface area contributed by atoms with Crippen LogP contribution in [0.4, 0.5) is 11.4 Å². The van der Waals surface area contributed by atoms with E-state index in [0.717, 1.165) is 12.8 Å². The van der Waals surface area contributed by atoms with Crippen LogP contribution in [0.15, 0.2) is 18.2 Å². The molecule has 20 heavy (non-hydrogen) atoms. The second-order valence-electron chi connectivity index (χ2n) is 5.28. The van der Waals surface area contributed by atoms with Crippen LogP contribution in [0.25, 0.3) is 0 Å². The third-order valence-electron chi connectivity index (χ3n) is 3.99. The molecule has 0 bridgehead atoms. The van der Waals surface area contributed by atoms with Gasteiger partial charge in [-0.2, -0.15) is 0 Å². The number of hydrogen-bond donors (Lipinski definition) is 2. The maximum Gasteiger partial charge on any atom is 0.293 e. The predicted molar refractivity (Wildman–Crippen MR) is 81.1 cm³/mol. The first-order chi connectivity index (χ1) is 9.63. The SMILES string of the molecule is NCC(Nc1c(Cl)cccc1[N+](=O)[O-])C1CCCCC1. The van der Waals surface area contributed by atoms with Gasteiger partial charge in [0.2, 0.25) is 0 Å². The van der Waals surface area contributed by atoms with Gasteiger partial charge in [0.05, 0.1) is 9.95 Å². The van der Waals surface area contributed by atoms with Crippen molar-refractivity contribution < 1.29 is 4.92 Å². The number of benzene rings is 1. The Morgan fingerprint density at radius 3 is 2.70 bits per heavy atom. The van der Waals surface area contributed by atoms with Crippen molar-refractivity contribution in [3.63, 3.8) is 0 Å². The largest absolute Gasteiger partial charge is 0.374 e. The molecule has 1 unspecified atom stereocenters. The molecule has 1 saturated carbocycles. The molecule has 1 aliphatic carbocycles. The molecule has 0 spiro atoms. The van der Waals surface area contributed by atoms with Crippen LogP contribution < -0.4 is 11.1 Å². The highest BCUT2D eigenvalue weighted by molar-refractivity contribution is 6.33. The minimum atomic E-state index is -0.414. The fourth-order valence-electron chi connectivity index (χ4n) is 2.90. The molecule has 0 aliphatic heterocycles. The summed E-state index contributed by atoms with van der Waals surface area (Å²) in [7, 11) is 0. The van der Waals surface area contributed by atoms with Gasteiger partial charge in [0.25, 0.3) is 5.69 Å². The summed E-state index contributed by atoms with van der Waals surface area (Å²) < 4.78 is 0. The Labute approximate surface area is 123 Å². The van der Waals surface area contributed by atoms with Gasteiger partial charge in [0.1, 0.15) is 5.69 Å². The molecule has 6 heteroatoms. The van der Waals surface area contributed by atoms with Gasteiger partial charge in [-0.1, -0.05) is 36.9 Å². The molecule has 3 N–H and O–H groups in total. The monoisotopic (exact) mass is 297 g/mol. The zero-order chi connectivity index (χ0) is 14.5. The minimum Gasteiger partial charge on any atom is -0.374 e. The molecule has 1 atom stereocenters. The first-order valence-electron chi connectivity index (χ1n) is 7.03. The second kappa shape index (κ2) is 6.90. The summed E-state index contributed by atoms with van der Waals surface area (Å²) in [6.07, 6.45) is 5.90. The Kier molecular flexibility index (Phi) is 5.20. The van der Waals surface area contributed by atoms with E-state index < -0.39 is 4.92 Å². The van der Waals surface area contributed by atoms with E-state index in [1.807, 2.05) is 0 Å². The number of anilines is 1. The lowest BCUT2D eigenvalue weighted by molar-refractivity contribution is -0.384. The highest BCUT2D eigenvalue weighted by Crippen LogP contribution is 2.35. The van der Waals surface area contributed by atoms with Crippen LogP contribution in [0, 0.1) is 16.0 Å². The number of nitro groups is 1. The Bertz CT molecular complexity index is 475. The number of para-hydroxylation sites is 1. The lowest BCUT2D eigenvalue weighted by Crippen LogP contribution is -2.37. The summed E-state index contributed by atoms with van der Waals surface area (Å²) in [5.41, 5.74) is 6.25. The van der Waals surface area contributed by atoms with E-state index >= 15 is 0 Å². The highest BCUT2D eigenvalue weighted by Gasteiger charge is 2.26. The zero-order valence-electron chi connectivity index (χ0n) is 11.3. The third-order valence-corrected chi connectivity index (χ3v) is 4.31. The number of halogens is 1. The lowest BCUT2D eigenvalue weighted by Gasteiger charge is -2.30. The van der Waals surface area contributed by atoms with Crippen LogP contribution in [0.2, 0.25) is 5.02 Å². The van der Waals surface area contributed by atoms with Crippen molar-refractivity contribution in [1.82, 2.24) is 0 Å². The molecule has 1 aromatic carbocycles. The third kappa shape index (κ3) is 3.41. The van der Waals surface area contributed by atoms with Crippen molar-refractivity contribution >= 4 is 23.0 Å². The van der Waals surface area contributed by atoms with Crippen LogP contribution in [0.5, 0.6) is 0 Å². The summed E-state index contributed by atoms with van der Waals surface area (Å²) in [6, 6.07) is 4.74. The molecule has 110 valence electrons. The van der Waals surface area contributed by atoms with Gasteiger partial charge in [-0.05, 0) is 24.8 Å². The van der Waals surface area contributed by atoms with Gasteiger partial charge < -0.3 is 11.1 Å². The molecular formula is C14H20ClN3O2. The minimum absolute atomic E-state index is 0.00626. The topological polar surface area (TPSA) is 81.2 Å². The van der Waals surface area contributed by atoms with Crippen molar-refractivity contribution in [2.45, 2.75) is 38.1 Å². The van der Waals surface area contributed by atoms with Crippen molar-refractivity contribution in [2.24, 2.45) is 11.7 Å². The summed E-state index contributed by atoms with van der Waals surface area (Å²) in [5.74, 6) is 0.463. The Morgan fingerprint density at radius 1 is 1.40 bits per heavy atom. The number of nitrogens with one attached hydrogen (secondary N) is 1. The maximum absolute atomic E-state index is 11.1. The van der Waals surface area contributed by atoms with E-state index in [9.17, 15) is 10.1 Å². The number of hydrogen-bond acceptors (Lipinski definition) is 4. The molecule has 0 radical (unpaired) electrons. The number of nitro benzene ring substituents is 1. The molecule has 2 rings (SSSR count). The van der Waals surface area contributed by atoms with Crippen LogP contribution in [0.3, 0.4) is 0 Å². The van der Waals surface area contributed by atoms with Gasteiger partial charge in [-0.3, -0.25) is 10.1 Å². The summed E-state index contributed by atoms with van der Waals surface area (Å²) in [5, 5.41) is 14.7. The van der Waals surface area contributed by atoms with E-state index in [0.29, 0.717) is 23.2 Å². The fourth-order valence-corrected chi connectivity index (χ4v) is 3.12. The molecule has 1 aromatic rings. The molecule has 0 saturated heterocycles. The molecular weight excluding hydrogens is 278 g/mol. The van der Waals surface area contributed by atoms with Crippen LogP contribution in [-0.2, 0) is 0 Å². The summed E-state index contributed by atoms with van der Waals surface area (Å²) >= 11 is 6.11. The van der Waals surface area contributed by atoms with Crippen molar-refractivity contribution in [3.8, 4) is 0 Å². The van der Waals surface area contributed by atoms with Gasteiger partial charge in [0.15, 0.2) is 0 Å². The smallest absolute Gasteiger partial charge is 0.293 e. The quantitative estimate of drug-likeness (QED) is 0.643. The standard InChI is InChI=1S/C14H20ClN3O2/c15-11-7-4-8-13(18(19)20)14(11)17-12(9-16)10-5-2-1-3-6-10/h4,7-8,10,12,17H,1-3,5-6,9,16H2. The van der Waals surface area contributed by atoms with Crippen LogP contribution in [-0.4, -0.2) is 17.5 Å². The molecule has 0 aromatic heterocycles. The van der Waals surface area contributed by atoms with E-state index in [1.54, 1.807) is 12.1 Å². The first-order valence-corrected chi connectivity index (χ1v) is 7.40. The maximum atomic E-state index is 11.1. The van der Waals surface area contributed by atoms with E-state index in [4.69, 9.17) is 17.3 Å². The van der Waals surface area contributed by atoms with Gasteiger partial charge >= 0.3 is 0 Å². The van der Waals surface area contributed by atoms with Gasteiger partial charge in [0, 0.05) is 18.7 Å². The summed E-state index contributed by atoms with van der Waals surface area (Å²) in [6.45, 7) is 0.451. The molecule has 5 nitrogen and oxygen atoms in total. The van der Waals surface area contributed by atoms with Crippen LogP contribution in [0.1, 0.15) is 32.1 Å². The zero-order valence-corrected chi connectivity index (χ0v) is 12.1. The van der Waals surface area contributed by atoms with Gasteiger partial charge in [-0.15, -0.1) is 0 Å². The normalized spacial score (nSPS) is 17.7.